The molecule has 1 aromatic heterocycles. The van der Waals surface area contributed by atoms with Crippen LogP contribution in [0.5, 0.6) is 5.95 Å². The lowest BCUT2D eigenvalue weighted by atomic mass is 9.73. The third kappa shape index (κ3) is 4.44. The number of carbonyl (C=O) groups is 1. The number of aliphatic hydroxyl groups is 1. The van der Waals surface area contributed by atoms with E-state index in [1.807, 2.05) is 0 Å². The summed E-state index contributed by atoms with van der Waals surface area (Å²) in [5, 5.41) is 24.3. The average molecular weight is 399 g/mol. The molecule has 1 fully saturated rings. The summed E-state index contributed by atoms with van der Waals surface area (Å²) in [5.74, 6) is -0.936. The molecular formula is C18H20F3N3O4. The van der Waals surface area contributed by atoms with Gasteiger partial charge in [0.15, 0.2) is 0 Å². The van der Waals surface area contributed by atoms with Gasteiger partial charge in [-0.25, -0.2) is 0 Å². The van der Waals surface area contributed by atoms with Crippen molar-refractivity contribution in [2.24, 2.45) is 5.41 Å². The number of piperidine rings is 1. The molecule has 0 spiro atoms. The molecule has 0 radical (unpaired) electrons. The standard InChI is InChI=1S/C18H20F3N3O4/c19-18(20,21)14-4-2-1-3-13(14)9-17(12-25)5-7-23(8-6-17)15(26)10-24-11-16(27)28-22-24/h1-4,11,25H,5-10,12H2. The highest BCUT2D eigenvalue weighted by molar-refractivity contribution is 5.74. The van der Waals surface area contributed by atoms with E-state index in [-0.39, 0.29) is 31.0 Å². The maximum absolute atomic E-state index is 13.3. The van der Waals surface area contributed by atoms with Gasteiger partial charge in [0.05, 0.1) is 10.8 Å². The van der Waals surface area contributed by atoms with Crippen LogP contribution in [0.1, 0.15) is 24.0 Å². The zero-order valence-electron chi connectivity index (χ0n) is 15.0. The van der Waals surface area contributed by atoms with Crippen LogP contribution in [-0.2, 0) is 23.9 Å². The van der Waals surface area contributed by atoms with Gasteiger partial charge in [0.25, 0.3) is 12.5 Å². The molecule has 1 aromatic carbocycles. The van der Waals surface area contributed by atoms with Gasteiger partial charge in [-0.05, 0) is 30.9 Å². The van der Waals surface area contributed by atoms with E-state index in [0.29, 0.717) is 25.9 Å². The van der Waals surface area contributed by atoms with Crippen molar-refractivity contribution in [1.82, 2.24) is 10.2 Å². The summed E-state index contributed by atoms with van der Waals surface area (Å²) in [6.45, 7) is 0.181. The summed E-state index contributed by atoms with van der Waals surface area (Å²) < 4.78 is 45.2. The van der Waals surface area contributed by atoms with E-state index in [0.717, 1.165) is 16.9 Å². The normalized spacial score (nSPS) is 16.9. The molecule has 1 saturated heterocycles. The van der Waals surface area contributed by atoms with Crippen LogP contribution in [0.3, 0.4) is 0 Å². The van der Waals surface area contributed by atoms with Gasteiger partial charge < -0.3 is 19.6 Å². The number of alkyl halides is 3. The molecule has 152 valence electrons. The molecule has 28 heavy (non-hydrogen) atoms. The second kappa shape index (κ2) is 7.78. The second-order valence-electron chi connectivity index (χ2n) is 7.09. The number of carbonyl (C=O) groups excluding carboxylic acids is 1. The van der Waals surface area contributed by atoms with Gasteiger partial charge in [-0.2, -0.15) is 13.2 Å². The lowest BCUT2D eigenvalue weighted by Gasteiger charge is -2.40. The van der Waals surface area contributed by atoms with E-state index in [9.17, 15) is 28.2 Å². The molecule has 1 amide bonds. The van der Waals surface area contributed by atoms with Gasteiger partial charge in [0.2, 0.25) is 6.20 Å². The first kappa shape index (κ1) is 20.1. The molecule has 2 aromatic rings. The van der Waals surface area contributed by atoms with Crippen molar-refractivity contribution >= 4 is 5.91 Å². The summed E-state index contributed by atoms with van der Waals surface area (Å²) in [6, 6.07) is 5.36. The second-order valence-corrected chi connectivity index (χ2v) is 7.09. The molecule has 0 atom stereocenters. The van der Waals surface area contributed by atoms with Gasteiger partial charge in [-0.1, -0.05) is 22.9 Å². The summed E-state index contributed by atoms with van der Waals surface area (Å²) in [4.78, 5) is 13.9. The molecule has 1 N–H and O–H groups in total. The van der Waals surface area contributed by atoms with Crippen LogP contribution in [0.2, 0.25) is 0 Å². The van der Waals surface area contributed by atoms with Crippen LogP contribution in [-0.4, -0.2) is 40.9 Å². The molecule has 0 bridgehead atoms. The molecule has 1 aliphatic heterocycles. The zero-order chi connectivity index (χ0) is 20.4. The number of amides is 1. The highest BCUT2D eigenvalue weighted by Crippen LogP contribution is 2.39. The topological polar surface area (TPSA) is 93.5 Å². The fraction of sp³-hybridized carbons (Fsp3) is 0.500. The Balaban J connectivity index is 1.66. The molecule has 3 rings (SSSR count). The largest absolute Gasteiger partial charge is 0.539 e. The van der Waals surface area contributed by atoms with Crippen molar-refractivity contribution in [3.05, 3.63) is 41.6 Å². The van der Waals surface area contributed by atoms with Gasteiger partial charge in [0.1, 0.15) is 5.95 Å². The van der Waals surface area contributed by atoms with E-state index in [1.54, 1.807) is 11.0 Å². The molecule has 0 saturated carbocycles. The SMILES string of the molecule is O=C(C[n+]1cc([O-])on1)N1CCC(CO)(Cc2ccccc2C(F)(F)F)CC1. The van der Waals surface area contributed by atoms with E-state index in [4.69, 9.17) is 0 Å². The number of aromatic nitrogens is 2. The van der Waals surface area contributed by atoms with E-state index >= 15 is 0 Å². The van der Waals surface area contributed by atoms with E-state index in [2.05, 4.69) is 9.79 Å². The summed E-state index contributed by atoms with van der Waals surface area (Å²) in [7, 11) is 0. The number of nitrogens with zero attached hydrogens (tertiary/aromatic N) is 3. The Labute approximate surface area is 159 Å². The van der Waals surface area contributed by atoms with Crippen molar-refractivity contribution < 1.29 is 37.4 Å². The molecular weight excluding hydrogens is 379 g/mol. The summed E-state index contributed by atoms with van der Waals surface area (Å²) >= 11 is 0. The van der Waals surface area contributed by atoms with Gasteiger partial charge in [0, 0.05) is 25.1 Å². The maximum atomic E-state index is 13.3. The third-order valence-electron chi connectivity index (χ3n) is 5.19. The third-order valence-corrected chi connectivity index (χ3v) is 5.19. The van der Waals surface area contributed by atoms with Gasteiger partial charge >= 0.3 is 6.18 Å². The minimum absolute atomic E-state index is 0.0821. The predicted octanol–water partition coefficient (Wildman–Crippen LogP) is 0.898. The predicted molar refractivity (Wildman–Crippen MR) is 86.6 cm³/mol. The monoisotopic (exact) mass is 399 g/mol. The maximum Gasteiger partial charge on any atom is 0.416 e. The van der Waals surface area contributed by atoms with Crippen LogP contribution in [0.25, 0.3) is 0 Å². The number of aliphatic hydroxyl groups excluding tert-OH is 1. The number of hydrogen-bond acceptors (Lipinski definition) is 5. The molecule has 7 nitrogen and oxygen atoms in total. The Hall–Kier alpha value is -2.62. The van der Waals surface area contributed by atoms with Crippen LogP contribution >= 0.6 is 0 Å². The van der Waals surface area contributed by atoms with Crippen LogP contribution < -0.4 is 9.79 Å². The number of halogens is 3. The molecule has 0 unspecified atom stereocenters. The van der Waals surface area contributed by atoms with E-state index in [1.165, 1.54) is 12.1 Å². The summed E-state index contributed by atoms with van der Waals surface area (Å²) in [5.41, 5.74) is -1.27. The van der Waals surface area contributed by atoms with Crippen molar-refractivity contribution in [3.63, 3.8) is 0 Å². The lowest BCUT2D eigenvalue weighted by molar-refractivity contribution is -0.751. The highest BCUT2D eigenvalue weighted by Gasteiger charge is 2.39. The van der Waals surface area contributed by atoms with Crippen LogP contribution in [0.15, 0.2) is 35.0 Å². The Morgan fingerprint density at radius 2 is 2.00 bits per heavy atom. The highest BCUT2D eigenvalue weighted by atomic mass is 19.4. The zero-order valence-corrected chi connectivity index (χ0v) is 15.0. The molecule has 2 heterocycles. The first-order valence-corrected chi connectivity index (χ1v) is 8.80. The minimum atomic E-state index is -4.46. The number of rotatable bonds is 5. The molecule has 1 aliphatic rings. The molecule has 10 heteroatoms. The Kier molecular flexibility index (Phi) is 5.59. The van der Waals surface area contributed by atoms with Crippen molar-refractivity contribution in [2.75, 3.05) is 19.7 Å². The Morgan fingerprint density at radius 3 is 2.57 bits per heavy atom. The van der Waals surface area contributed by atoms with Crippen molar-refractivity contribution in [3.8, 4) is 5.95 Å². The molecule has 0 aliphatic carbocycles. The Bertz CT molecular complexity index is 829. The lowest BCUT2D eigenvalue weighted by Crippen LogP contribution is -2.50. The minimum Gasteiger partial charge on any atom is -0.539 e. The first-order chi connectivity index (χ1) is 13.2. The Morgan fingerprint density at radius 1 is 1.32 bits per heavy atom. The fourth-order valence-corrected chi connectivity index (χ4v) is 3.55. The quantitative estimate of drug-likeness (QED) is 0.754. The van der Waals surface area contributed by atoms with Crippen molar-refractivity contribution in [2.45, 2.75) is 32.0 Å². The number of hydrogen-bond donors (Lipinski definition) is 1. The smallest absolute Gasteiger partial charge is 0.416 e. The van der Waals surface area contributed by atoms with Crippen LogP contribution in [0, 0.1) is 5.41 Å². The summed E-state index contributed by atoms with van der Waals surface area (Å²) in [6.07, 6.45) is -2.57. The van der Waals surface area contributed by atoms with Gasteiger partial charge in [-0.3, -0.25) is 4.79 Å². The fourth-order valence-electron chi connectivity index (χ4n) is 3.55. The number of benzene rings is 1. The average Bonchev–Trinajstić information content (AvgIpc) is 3.06. The first-order valence-electron chi connectivity index (χ1n) is 8.80. The van der Waals surface area contributed by atoms with Crippen molar-refractivity contribution in [1.29, 1.82) is 0 Å². The van der Waals surface area contributed by atoms with E-state index < -0.39 is 23.1 Å². The number of likely N-dealkylation sites (tertiary alicyclic amines) is 1. The van der Waals surface area contributed by atoms with Crippen LogP contribution in [0.4, 0.5) is 13.2 Å². The van der Waals surface area contributed by atoms with Gasteiger partial charge in [-0.15, -0.1) is 0 Å².